The van der Waals surface area contributed by atoms with E-state index in [1.165, 1.54) is 7.11 Å². The lowest BCUT2D eigenvalue weighted by atomic mass is 10.4. The van der Waals surface area contributed by atoms with Gasteiger partial charge in [0, 0.05) is 19.7 Å². The molecule has 9 nitrogen and oxygen atoms in total. The van der Waals surface area contributed by atoms with Crippen LogP contribution in [0.25, 0.3) is 0 Å². The Kier molecular flexibility index (Phi) is 5.20. The molecule has 11 heteroatoms. The van der Waals surface area contributed by atoms with Crippen molar-refractivity contribution < 1.29 is 18.1 Å². The zero-order valence-corrected chi connectivity index (χ0v) is 11.9. The van der Waals surface area contributed by atoms with Gasteiger partial charge in [0.2, 0.25) is 10.0 Å². The number of hydrogen-bond acceptors (Lipinski definition) is 8. The van der Waals surface area contributed by atoms with E-state index in [0.29, 0.717) is 11.3 Å². The third kappa shape index (κ3) is 3.84. The van der Waals surface area contributed by atoms with Crippen molar-refractivity contribution in [2.45, 2.75) is 17.2 Å². The van der Waals surface area contributed by atoms with Crippen LogP contribution in [0.3, 0.4) is 0 Å². The number of hydrogen-bond donors (Lipinski definition) is 3. The lowest BCUT2D eigenvalue weighted by Gasteiger charge is -2.09. The molecular formula is C8H14N4O5S2. The summed E-state index contributed by atoms with van der Waals surface area (Å²) in [4.78, 5) is 10.0. The van der Waals surface area contributed by atoms with Crippen LogP contribution in [0.15, 0.2) is 10.3 Å². The number of sulfonamides is 1. The molecule has 4 N–H and O–H groups in total. The van der Waals surface area contributed by atoms with Gasteiger partial charge >= 0.3 is 5.69 Å². The summed E-state index contributed by atoms with van der Waals surface area (Å²) in [7, 11) is -2.37. The molecule has 0 aliphatic heterocycles. The maximum Gasteiger partial charge on any atom is 0.306 e. The zero-order valence-electron chi connectivity index (χ0n) is 10.2. The van der Waals surface area contributed by atoms with E-state index in [0.717, 1.165) is 6.07 Å². The lowest BCUT2D eigenvalue weighted by molar-refractivity contribution is -0.383. The molecule has 0 fully saturated rings. The molecule has 0 bridgehead atoms. The van der Waals surface area contributed by atoms with Gasteiger partial charge in [-0.2, -0.15) is 0 Å². The van der Waals surface area contributed by atoms with Gasteiger partial charge in [0.15, 0.2) is 5.00 Å². The minimum Gasteiger partial charge on any atom is -0.380 e. The van der Waals surface area contributed by atoms with Crippen LogP contribution in [0.1, 0.15) is 6.92 Å². The van der Waals surface area contributed by atoms with Crippen LogP contribution >= 0.6 is 11.3 Å². The number of hydrazine groups is 1. The molecule has 0 aromatic carbocycles. The Morgan fingerprint density at radius 3 is 2.68 bits per heavy atom. The van der Waals surface area contributed by atoms with Crippen LogP contribution in [0.5, 0.6) is 0 Å². The predicted octanol–water partition coefficient (Wildman–Crippen LogP) is 0.255. The molecule has 1 unspecified atom stereocenters. The summed E-state index contributed by atoms with van der Waals surface area (Å²) in [5.74, 6) is 5.11. The highest BCUT2D eigenvalue weighted by atomic mass is 32.2. The molecular weight excluding hydrogens is 296 g/mol. The number of nitrogens with two attached hydrogens (primary N) is 1. The molecule has 1 atom stereocenters. The molecule has 108 valence electrons. The smallest absolute Gasteiger partial charge is 0.306 e. The lowest BCUT2D eigenvalue weighted by Crippen LogP contribution is -2.31. The van der Waals surface area contributed by atoms with E-state index in [1.54, 1.807) is 6.92 Å². The minimum atomic E-state index is -3.82. The Labute approximate surface area is 113 Å². The standard InChI is InChI=1S/C8H14N4O5S2/c1-5(17-2)4-10-19(15,16)7-3-6(12(13)14)8(11-9)18-7/h3,5,10-11H,4,9H2,1-2H3. The predicted molar refractivity (Wildman–Crippen MR) is 70.4 cm³/mol. The van der Waals surface area contributed by atoms with Crippen molar-refractivity contribution in [1.82, 2.24) is 4.72 Å². The SMILES string of the molecule is COC(C)CNS(=O)(=O)c1cc([N+](=O)[O-])c(NN)s1. The molecule has 1 heterocycles. The van der Waals surface area contributed by atoms with Gasteiger partial charge in [-0.25, -0.2) is 19.0 Å². The number of nitrogens with zero attached hydrogens (tertiary/aromatic N) is 1. The maximum atomic E-state index is 11.9. The minimum absolute atomic E-state index is 0.0230. The summed E-state index contributed by atoms with van der Waals surface area (Å²) in [5, 5.41) is 10.7. The highest BCUT2D eigenvalue weighted by molar-refractivity contribution is 7.91. The number of ether oxygens (including phenoxy) is 1. The first-order chi connectivity index (χ1) is 8.81. The summed E-state index contributed by atoms with van der Waals surface area (Å²) >= 11 is 0.685. The van der Waals surface area contributed by atoms with Gasteiger partial charge in [-0.3, -0.25) is 10.1 Å². The van der Waals surface area contributed by atoms with Crippen LogP contribution in [0.2, 0.25) is 0 Å². The Morgan fingerprint density at radius 1 is 1.63 bits per heavy atom. The normalized spacial score (nSPS) is 13.2. The second-order valence-corrected chi connectivity index (χ2v) is 6.63. The molecule has 0 aliphatic rings. The molecule has 1 aromatic rings. The molecule has 0 saturated carbocycles. The van der Waals surface area contributed by atoms with Crippen molar-refractivity contribution in [2.24, 2.45) is 5.84 Å². The highest BCUT2D eigenvalue weighted by Crippen LogP contribution is 2.36. The quantitative estimate of drug-likeness (QED) is 0.373. The van der Waals surface area contributed by atoms with Gasteiger partial charge in [-0.15, -0.1) is 0 Å². The molecule has 0 aliphatic carbocycles. The summed E-state index contributed by atoms with van der Waals surface area (Å²) in [6, 6.07) is 0.958. The number of thiophene rings is 1. The van der Waals surface area contributed by atoms with Crippen molar-refractivity contribution in [3.63, 3.8) is 0 Å². The summed E-state index contributed by atoms with van der Waals surface area (Å²) in [6.45, 7) is 1.75. The summed E-state index contributed by atoms with van der Waals surface area (Å²) in [6.07, 6.45) is -0.308. The van der Waals surface area contributed by atoms with Crippen LogP contribution in [0, 0.1) is 10.1 Å². The number of nitro groups is 1. The van der Waals surface area contributed by atoms with E-state index in [-0.39, 0.29) is 27.5 Å². The van der Waals surface area contributed by atoms with E-state index >= 15 is 0 Å². The molecule has 1 rings (SSSR count). The fraction of sp³-hybridized carbons (Fsp3) is 0.500. The Bertz CT molecular complexity index is 555. The number of nitrogens with one attached hydrogen (secondary N) is 2. The Hall–Kier alpha value is -1.27. The van der Waals surface area contributed by atoms with Crippen molar-refractivity contribution >= 4 is 32.0 Å². The third-order valence-electron chi connectivity index (χ3n) is 2.25. The molecule has 19 heavy (non-hydrogen) atoms. The fourth-order valence-electron chi connectivity index (χ4n) is 1.11. The Morgan fingerprint density at radius 2 is 2.26 bits per heavy atom. The van der Waals surface area contributed by atoms with Crippen LogP contribution in [0.4, 0.5) is 10.7 Å². The number of methoxy groups -OCH3 is 1. The molecule has 0 amide bonds. The first kappa shape index (κ1) is 15.8. The van der Waals surface area contributed by atoms with Gasteiger partial charge in [0.25, 0.3) is 0 Å². The van der Waals surface area contributed by atoms with Crippen molar-refractivity contribution in [1.29, 1.82) is 0 Å². The zero-order chi connectivity index (χ0) is 14.6. The van der Waals surface area contributed by atoms with Gasteiger partial charge in [-0.05, 0) is 6.92 Å². The van der Waals surface area contributed by atoms with E-state index in [1.807, 2.05) is 0 Å². The van der Waals surface area contributed by atoms with E-state index in [4.69, 9.17) is 10.6 Å². The van der Waals surface area contributed by atoms with Crippen LogP contribution in [-0.2, 0) is 14.8 Å². The second-order valence-electron chi connectivity index (χ2n) is 3.58. The van der Waals surface area contributed by atoms with Crippen molar-refractivity contribution in [3.05, 3.63) is 16.2 Å². The molecule has 0 saturated heterocycles. The maximum absolute atomic E-state index is 11.9. The van der Waals surface area contributed by atoms with E-state index in [9.17, 15) is 18.5 Å². The van der Waals surface area contributed by atoms with Crippen molar-refractivity contribution in [3.8, 4) is 0 Å². The molecule has 1 aromatic heterocycles. The van der Waals surface area contributed by atoms with Crippen LogP contribution in [-0.4, -0.2) is 33.1 Å². The topological polar surface area (TPSA) is 137 Å². The number of rotatable bonds is 7. The van der Waals surface area contributed by atoms with E-state index in [2.05, 4.69) is 10.1 Å². The monoisotopic (exact) mass is 310 g/mol. The first-order valence-electron chi connectivity index (χ1n) is 5.09. The van der Waals surface area contributed by atoms with Gasteiger partial charge in [0.05, 0.1) is 11.0 Å². The van der Waals surface area contributed by atoms with Gasteiger partial charge < -0.3 is 10.2 Å². The van der Waals surface area contributed by atoms with Gasteiger partial charge in [0.1, 0.15) is 4.21 Å². The van der Waals surface area contributed by atoms with Crippen molar-refractivity contribution in [2.75, 3.05) is 19.1 Å². The largest absolute Gasteiger partial charge is 0.380 e. The van der Waals surface area contributed by atoms with Gasteiger partial charge in [-0.1, -0.05) is 11.3 Å². The molecule has 0 radical (unpaired) electrons. The average Bonchev–Trinajstić information content (AvgIpc) is 2.81. The summed E-state index contributed by atoms with van der Waals surface area (Å²) < 4.78 is 30.8. The number of nitrogen functional groups attached to an aromatic ring is 1. The number of anilines is 1. The summed E-state index contributed by atoms with van der Waals surface area (Å²) in [5.41, 5.74) is 1.72. The Balaban J connectivity index is 2.99. The first-order valence-corrected chi connectivity index (χ1v) is 7.39. The molecule has 0 spiro atoms. The fourth-order valence-corrected chi connectivity index (χ4v) is 3.51. The average molecular weight is 310 g/mol. The van der Waals surface area contributed by atoms with Crippen LogP contribution < -0.4 is 16.0 Å². The third-order valence-corrected chi connectivity index (χ3v) is 5.20. The highest BCUT2D eigenvalue weighted by Gasteiger charge is 2.25. The van der Waals surface area contributed by atoms with E-state index < -0.39 is 14.9 Å². The second kappa shape index (κ2) is 6.25.